The van der Waals surface area contributed by atoms with Gasteiger partial charge in [0.15, 0.2) is 0 Å². The van der Waals surface area contributed by atoms with E-state index in [2.05, 4.69) is 29.2 Å². The average molecular weight is 369 g/mol. The first kappa shape index (κ1) is 17.5. The van der Waals surface area contributed by atoms with Crippen LogP contribution in [-0.2, 0) is 23.0 Å². The van der Waals surface area contributed by atoms with Crippen LogP contribution < -0.4 is 0 Å². The SMILES string of the molecule is O=S(=O)(/C=C/c1ccccc1)N1CCC(N2CCc3ccccc3C2)C1. The second-order valence-corrected chi connectivity index (χ2v) is 8.87. The lowest BCUT2D eigenvalue weighted by molar-refractivity contribution is 0.185. The molecule has 0 spiro atoms. The molecule has 0 bridgehead atoms. The van der Waals surface area contributed by atoms with E-state index in [4.69, 9.17) is 0 Å². The molecule has 2 aliphatic heterocycles. The maximum atomic E-state index is 12.7. The van der Waals surface area contributed by atoms with Crippen molar-refractivity contribution in [3.8, 4) is 0 Å². The van der Waals surface area contributed by atoms with Gasteiger partial charge in [-0.15, -0.1) is 0 Å². The zero-order valence-corrected chi connectivity index (χ0v) is 15.6. The molecule has 2 aliphatic rings. The Balaban J connectivity index is 1.41. The Morgan fingerprint density at radius 1 is 0.923 bits per heavy atom. The predicted molar refractivity (Wildman–Crippen MR) is 105 cm³/mol. The van der Waals surface area contributed by atoms with Crippen LogP contribution >= 0.6 is 0 Å². The van der Waals surface area contributed by atoms with Gasteiger partial charge in [0.05, 0.1) is 0 Å². The summed E-state index contributed by atoms with van der Waals surface area (Å²) in [4.78, 5) is 2.44. The van der Waals surface area contributed by atoms with Gasteiger partial charge in [-0.3, -0.25) is 4.90 Å². The molecule has 2 aromatic carbocycles. The van der Waals surface area contributed by atoms with E-state index in [1.165, 1.54) is 16.5 Å². The molecular weight excluding hydrogens is 344 g/mol. The van der Waals surface area contributed by atoms with Crippen molar-refractivity contribution in [2.45, 2.75) is 25.4 Å². The highest BCUT2D eigenvalue weighted by molar-refractivity contribution is 7.92. The molecule has 1 atom stereocenters. The Hall–Kier alpha value is -1.95. The Morgan fingerprint density at radius 2 is 1.65 bits per heavy atom. The monoisotopic (exact) mass is 368 g/mol. The molecule has 0 N–H and O–H groups in total. The molecular formula is C21H24N2O2S. The van der Waals surface area contributed by atoms with Crippen molar-refractivity contribution in [3.63, 3.8) is 0 Å². The average Bonchev–Trinajstić information content (AvgIpc) is 3.18. The topological polar surface area (TPSA) is 40.6 Å². The van der Waals surface area contributed by atoms with Crippen molar-refractivity contribution in [2.24, 2.45) is 0 Å². The quantitative estimate of drug-likeness (QED) is 0.833. The Kier molecular flexibility index (Phi) is 4.94. The van der Waals surface area contributed by atoms with Crippen LogP contribution in [0.5, 0.6) is 0 Å². The van der Waals surface area contributed by atoms with E-state index >= 15 is 0 Å². The van der Waals surface area contributed by atoms with Gasteiger partial charge in [0.1, 0.15) is 0 Å². The number of fused-ring (bicyclic) bond motifs is 1. The molecule has 1 unspecified atom stereocenters. The van der Waals surface area contributed by atoms with Crippen LogP contribution in [0, 0.1) is 0 Å². The second-order valence-electron chi connectivity index (χ2n) is 7.05. The normalized spacial score (nSPS) is 21.9. The third-order valence-corrected chi connectivity index (χ3v) is 6.93. The molecule has 4 nitrogen and oxygen atoms in total. The molecule has 26 heavy (non-hydrogen) atoms. The minimum atomic E-state index is -3.36. The molecule has 0 aromatic heterocycles. The first-order chi connectivity index (χ1) is 12.6. The van der Waals surface area contributed by atoms with Gasteiger partial charge in [-0.05, 0) is 35.6 Å². The van der Waals surface area contributed by atoms with Crippen molar-refractivity contribution in [1.82, 2.24) is 9.21 Å². The standard InChI is InChI=1S/C21H24N2O2S/c24-26(25,15-12-18-6-2-1-3-7-18)23-14-11-21(17-23)22-13-10-19-8-4-5-9-20(19)16-22/h1-9,12,15,21H,10-11,13-14,16-17H2/b15-12+. The van der Waals surface area contributed by atoms with Crippen LogP contribution in [0.3, 0.4) is 0 Å². The summed E-state index contributed by atoms with van der Waals surface area (Å²) in [5.74, 6) is 0. The smallest absolute Gasteiger partial charge is 0.236 e. The van der Waals surface area contributed by atoms with Gasteiger partial charge in [0.25, 0.3) is 0 Å². The molecule has 0 saturated carbocycles. The maximum Gasteiger partial charge on any atom is 0.236 e. The molecule has 5 heteroatoms. The van der Waals surface area contributed by atoms with E-state index in [1.807, 2.05) is 30.3 Å². The lowest BCUT2D eigenvalue weighted by atomic mass is 9.98. The molecule has 2 aromatic rings. The lowest BCUT2D eigenvalue weighted by Gasteiger charge is -2.33. The predicted octanol–water partition coefficient (Wildman–Crippen LogP) is 3.12. The van der Waals surface area contributed by atoms with E-state index < -0.39 is 10.0 Å². The summed E-state index contributed by atoms with van der Waals surface area (Å²) in [5.41, 5.74) is 3.71. The highest BCUT2D eigenvalue weighted by Gasteiger charge is 2.34. The van der Waals surface area contributed by atoms with Gasteiger partial charge >= 0.3 is 0 Å². The van der Waals surface area contributed by atoms with Crippen LogP contribution in [0.25, 0.3) is 6.08 Å². The van der Waals surface area contributed by atoms with Crippen LogP contribution in [0.4, 0.5) is 0 Å². The molecule has 0 aliphatic carbocycles. The van der Waals surface area contributed by atoms with Crippen molar-refractivity contribution in [1.29, 1.82) is 0 Å². The number of nitrogens with zero attached hydrogens (tertiary/aromatic N) is 2. The summed E-state index contributed by atoms with van der Waals surface area (Å²) in [6, 6.07) is 18.4. The minimum absolute atomic E-state index is 0.309. The molecule has 1 fully saturated rings. The molecule has 136 valence electrons. The number of rotatable bonds is 4. The van der Waals surface area contributed by atoms with Gasteiger partial charge in [-0.25, -0.2) is 8.42 Å². The number of benzene rings is 2. The molecule has 4 rings (SSSR count). The molecule has 2 heterocycles. The Labute approximate surface area is 155 Å². The van der Waals surface area contributed by atoms with Gasteiger partial charge in [-0.1, -0.05) is 54.6 Å². The van der Waals surface area contributed by atoms with Crippen LogP contribution in [0.2, 0.25) is 0 Å². The zero-order chi connectivity index (χ0) is 18.0. The van der Waals surface area contributed by atoms with E-state index in [-0.39, 0.29) is 0 Å². The highest BCUT2D eigenvalue weighted by Crippen LogP contribution is 2.26. The third kappa shape index (κ3) is 3.75. The molecule has 1 saturated heterocycles. The third-order valence-electron chi connectivity index (χ3n) is 5.39. The van der Waals surface area contributed by atoms with E-state index in [0.717, 1.165) is 31.5 Å². The fourth-order valence-electron chi connectivity index (χ4n) is 3.88. The summed E-state index contributed by atoms with van der Waals surface area (Å²) < 4.78 is 26.9. The fourth-order valence-corrected chi connectivity index (χ4v) is 5.12. The first-order valence-electron chi connectivity index (χ1n) is 9.16. The lowest BCUT2D eigenvalue weighted by Crippen LogP contribution is -2.41. The van der Waals surface area contributed by atoms with Gasteiger partial charge < -0.3 is 0 Å². The van der Waals surface area contributed by atoms with Crippen molar-refractivity contribution < 1.29 is 8.42 Å². The highest BCUT2D eigenvalue weighted by atomic mass is 32.2. The van der Waals surface area contributed by atoms with E-state index in [0.29, 0.717) is 19.1 Å². The summed E-state index contributed by atoms with van der Waals surface area (Å²) in [6.07, 6.45) is 3.63. The van der Waals surface area contributed by atoms with Crippen molar-refractivity contribution in [2.75, 3.05) is 19.6 Å². The summed E-state index contributed by atoms with van der Waals surface area (Å²) in [6.45, 7) is 3.12. The van der Waals surface area contributed by atoms with Gasteiger partial charge in [-0.2, -0.15) is 4.31 Å². The molecule has 0 radical (unpaired) electrons. The van der Waals surface area contributed by atoms with Crippen molar-refractivity contribution >= 4 is 16.1 Å². The van der Waals surface area contributed by atoms with Crippen LogP contribution in [0.1, 0.15) is 23.1 Å². The number of hydrogen-bond donors (Lipinski definition) is 0. The van der Waals surface area contributed by atoms with E-state index in [1.54, 1.807) is 10.4 Å². The minimum Gasteiger partial charge on any atom is -0.294 e. The van der Waals surface area contributed by atoms with E-state index in [9.17, 15) is 8.42 Å². The Bertz CT molecular complexity index is 893. The molecule has 0 amide bonds. The van der Waals surface area contributed by atoms with Crippen molar-refractivity contribution in [3.05, 3.63) is 76.7 Å². The second kappa shape index (κ2) is 7.35. The summed E-state index contributed by atoms with van der Waals surface area (Å²) >= 11 is 0. The maximum absolute atomic E-state index is 12.7. The zero-order valence-electron chi connectivity index (χ0n) is 14.8. The Morgan fingerprint density at radius 3 is 2.46 bits per heavy atom. The number of sulfonamides is 1. The van der Waals surface area contributed by atoms with Crippen LogP contribution in [0.15, 0.2) is 60.0 Å². The first-order valence-corrected chi connectivity index (χ1v) is 10.7. The summed E-state index contributed by atoms with van der Waals surface area (Å²) in [7, 11) is -3.36. The summed E-state index contributed by atoms with van der Waals surface area (Å²) in [5, 5.41) is 1.34. The van der Waals surface area contributed by atoms with Crippen LogP contribution in [-0.4, -0.2) is 43.3 Å². The number of hydrogen-bond acceptors (Lipinski definition) is 3. The van der Waals surface area contributed by atoms with Gasteiger partial charge in [0, 0.05) is 37.6 Å². The largest absolute Gasteiger partial charge is 0.294 e. The fraction of sp³-hybridized carbons (Fsp3) is 0.333. The van der Waals surface area contributed by atoms with Gasteiger partial charge in [0.2, 0.25) is 10.0 Å².